The molecule has 1 saturated carbocycles. The van der Waals surface area contributed by atoms with Crippen molar-refractivity contribution >= 4 is 5.91 Å². The van der Waals surface area contributed by atoms with Gasteiger partial charge in [0.15, 0.2) is 0 Å². The average Bonchev–Trinajstić information content (AvgIpc) is 2.65. The van der Waals surface area contributed by atoms with Gasteiger partial charge >= 0.3 is 0 Å². The van der Waals surface area contributed by atoms with Crippen LogP contribution in [-0.4, -0.2) is 29.1 Å². The van der Waals surface area contributed by atoms with E-state index < -0.39 is 0 Å². The van der Waals surface area contributed by atoms with Gasteiger partial charge in [-0.3, -0.25) is 10.1 Å². The highest BCUT2D eigenvalue weighted by Gasteiger charge is 2.42. The summed E-state index contributed by atoms with van der Waals surface area (Å²) in [5.74, 6) is 0.789. The van der Waals surface area contributed by atoms with Crippen LogP contribution < -0.4 is 5.32 Å². The lowest BCUT2D eigenvalue weighted by molar-refractivity contribution is -0.133. The van der Waals surface area contributed by atoms with Gasteiger partial charge in [-0.1, -0.05) is 39.5 Å². The van der Waals surface area contributed by atoms with Crippen molar-refractivity contribution in [2.75, 3.05) is 0 Å². The maximum absolute atomic E-state index is 12.5. The first-order valence-electron chi connectivity index (χ1n) is 7.23. The minimum atomic E-state index is 0.0527. The van der Waals surface area contributed by atoms with Gasteiger partial charge in [-0.2, -0.15) is 0 Å². The topological polar surface area (TPSA) is 32.3 Å². The Balaban J connectivity index is 2.05. The molecule has 17 heavy (non-hydrogen) atoms. The highest BCUT2D eigenvalue weighted by atomic mass is 16.2. The zero-order valence-electron chi connectivity index (χ0n) is 11.4. The predicted octanol–water partition coefficient (Wildman–Crippen LogP) is 2.51. The Labute approximate surface area is 105 Å². The molecule has 0 aromatic carbocycles. The summed E-state index contributed by atoms with van der Waals surface area (Å²) in [6.07, 6.45) is 7.61. The van der Waals surface area contributed by atoms with Gasteiger partial charge in [0.2, 0.25) is 5.91 Å². The Morgan fingerprint density at radius 2 is 2.00 bits per heavy atom. The van der Waals surface area contributed by atoms with E-state index in [1.165, 1.54) is 32.1 Å². The summed E-state index contributed by atoms with van der Waals surface area (Å²) in [4.78, 5) is 14.6. The molecular weight excluding hydrogens is 212 g/mol. The second-order valence-corrected chi connectivity index (χ2v) is 5.74. The third kappa shape index (κ3) is 2.49. The summed E-state index contributed by atoms with van der Waals surface area (Å²) >= 11 is 0. The van der Waals surface area contributed by atoms with Crippen molar-refractivity contribution in [3.8, 4) is 0 Å². The van der Waals surface area contributed by atoms with E-state index in [0.717, 1.165) is 6.42 Å². The molecule has 2 fully saturated rings. The maximum atomic E-state index is 12.5. The van der Waals surface area contributed by atoms with Crippen LogP contribution in [0.2, 0.25) is 0 Å². The van der Waals surface area contributed by atoms with E-state index in [0.29, 0.717) is 17.9 Å². The van der Waals surface area contributed by atoms with E-state index in [4.69, 9.17) is 0 Å². The lowest BCUT2D eigenvalue weighted by atomic mass is 9.93. The molecule has 1 aliphatic heterocycles. The number of hydrogen-bond acceptors (Lipinski definition) is 2. The molecule has 1 heterocycles. The van der Waals surface area contributed by atoms with E-state index >= 15 is 0 Å². The lowest BCUT2D eigenvalue weighted by Crippen LogP contribution is -2.44. The number of carbonyl (C=O) groups excluding carboxylic acids is 1. The highest BCUT2D eigenvalue weighted by Crippen LogP contribution is 2.28. The molecular formula is C14H26N2O. The molecule has 3 nitrogen and oxygen atoms in total. The summed E-state index contributed by atoms with van der Waals surface area (Å²) in [5, 5.41) is 3.48. The largest absolute Gasteiger partial charge is 0.323 e. The fraction of sp³-hybridized carbons (Fsp3) is 0.929. The van der Waals surface area contributed by atoms with Crippen LogP contribution in [-0.2, 0) is 4.79 Å². The zero-order chi connectivity index (χ0) is 12.4. The van der Waals surface area contributed by atoms with Crippen LogP contribution in [0.5, 0.6) is 0 Å². The van der Waals surface area contributed by atoms with Gasteiger partial charge in [0.25, 0.3) is 0 Å². The summed E-state index contributed by atoms with van der Waals surface area (Å²) in [5.41, 5.74) is 0. The molecule has 3 heteroatoms. The van der Waals surface area contributed by atoms with E-state index in [9.17, 15) is 4.79 Å². The second kappa shape index (κ2) is 5.38. The quantitative estimate of drug-likeness (QED) is 0.819. The van der Waals surface area contributed by atoms with E-state index in [1.807, 2.05) is 0 Å². The number of hydrogen-bond donors (Lipinski definition) is 1. The molecule has 1 amide bonds. The summed E-state index contributed by atoms with van der Waals surface area (Å²) in [6, 6.07) is 0.546. The average molecular weight is 238 g/mol. The van der Waals surface area contributed by atoms with Gasteiger partial charge in [0.05, 0.1) is 12.2 Å². The van der Waals surface area contributed by atoms with Gasteiger partial charge in [-0.05, 0) is 25.7 Å². The van der Waals surface area contributed by atoms with Crippen molar-refractivity contribution < 1.29 is 4.79 Å². The highest BCUT2D eigenvalue weighted by molar-refractivity contribution is 5.84. The van der Waals surface area contributed by atoms with Gasteiger partial charge in [-0.25, -0.2) is 0 Å². The molecule has 1 saturated heterocycles. The molecule has 0 bridgehead atoms. The number of amides is 1. The number of rotatable bonds is 3. The number of nitrogens with one attached hydrogen (secondary N) is 1. The lowest BCUT2D eigenvalue weighted by Gasteiger charge is -2.33. The van der Waals surface area contributed by atoms with E-state index in [-0.39, 0.29) is 12.2 Å². The monoisotopic (exact) mass is 238 g/mol. The van der Waals surface area contributed by atoms with Crippen LogP contribution in [0.3, 0.4) is 0 Å². The van der Waals surface area contributed by atoms with Crippen molar-refractivity contribution in [1.82, 2.24) is 10.2 Å². The van der Waals surface area contributed by atoms with Crippen LogP contribution in [0.1, 0.15) is 59.3 Å². The van der Waals surface area contributed by atoms with E-state index in [1.54, 1.807) is 0 Å². The van der Waals surface area contributed by atoms with Crippen molar-refractivity contribution in [2.45, 2.75) is 77.5 Å². The first-order chi connectivity index (χ1) is 8.15. The number of nitrogens with zero attached hydrogens (tertiary/aromatic N) is 1. The Hall–Kier alpha value is -0.570. The molecule has 3 atom stereocenters. The van der Waals surface area contributed by atoms with Crippen LogP contribution in [0.15, 0.2) is 0 Å². The fourth-order valence-electron chi connectivity index (χ4n) is 3.26. The molecule has 0 aromatic heterocycles. The van der Waals surface area contributed by atoms with Gasteiger partial charge in [0.1, 0.15) is 0 Å². The minimum absolute atomic E-state index is 0.0527. The molecule has 0 radical (unpaired) electrons. The Kier molecular flexibility index (Phi) is 4.08. The van der Waals surface area contributed by atoms with Crippen molar-refractivity contribution in [3.05, 3.63) is 0 Å². The molecule has 1 aliphatic carbocycles. The summed E-state index contributed by atoms with van der Waals surface area (Å²) < 4.78 is 0. The van der Waals surface area contributed by atoms with E-state index in [2.05, 4.69) is 31.0 Å². The smallest absolute Gasteiger partial charge is 0.241 e. The van der Waals surface area contributed by atoms with Gasteiger partial charge < -0.3 is 4.90 Å². The Morgan fingerprint density at radius 1 is 1.35 bits per heavy atom. The molecule has 98 valence electrons. The molecule has 0 spiro atoms. The fourth-order valence-corrected chi connectivity index (χ4v) is 3.26. The minimum Gasteiger partial charge on any atom is -0.323 e. The van der Waals surface area contributed by atoms with Crippen LogP contribution in [0, 0.1) is 5.92 Å². The van der Waals surface area contributed by atoms with Gasteiger partial charge in [-0.15, -0.1) is 0 Å². The standard InChI is InChI=1S/C14H26N2O/c1-4-10(2)13-14(17)16(11(3)15-13)12-8-6-5-7-9-12/h10-13,15H,4-9H2,1-3H3. The van der Waals surface area contributed by atoms with Crippen LogP contribution in [0.4, 0.5) is 0 Å². The SMILES string of the molecule is CCC(C)C1NC(C)N(C2CCCCC2)C1=O. The summed E-state index contributed by atoms with van der Waals surface area (Å²) in [7, 11) is 0. The molecule has 1 N–H and O–H groups in total. The molecule has 0 aromatic rings. The van der Waals surface area contributed by atoms with Crippen molar-refractivity contribution in [3.63, 3.8) is 0 Å². The van der Waals surface area contributed by atoms with Crippen molar-refractivity contribution in [1.29, 1.82) is 0 Å². The first-order valence-corrected chi connectivity index (χ1v) is 7.23. The predicted molar refractivity (Wildman–Crippen MR) is 69.6 cm³/mol. The van der Waals surface area contributed by atoms with Crippen molar-refractivity contribution in [2.24, 2.45) is 5.92 Å². The molecule has 3 unspecified atom stereocenters. The normalized spacial score (nSPS) is 33.1. The first kappa shape index (κ1) is 12.9. The second-order valence-electron chi connectivity index (χ2n) is 5.74. The van der Waals surface area contributed by atoms with Crippen LogP contribution >= 0.6 is 0 Å². The summed E-state index contributed by atoms with van der Waals surface area (Å²) in [6.45, 7) is 6.47. The van der Waals surface area contributed by atoms with Crippen LogP contribution in [0.25, 0.3) is 0 Å². The Bertz CT molecular complexity index is 273. The Morgan fingerprint density at radius 3 is 2.59 bits per heavy atom. The molecule has 2 rings (SSSR count). The molecule has 2 aliphatic rings. The number of carbonyl (C=O) groups is 1. The third-order valence-corrected chi connectivity index (χ3v) is 4.54. The maximum Gasteiger partial charge on any atom is 0.241 e. The zero-order valence-corrected chi connectivity index (χ0v) is 11.4. The van der Waals surface area contributed by atoms with Gasteiger partial charge in [0, 0.05) is 6.04 Å². The third-order valence-electron chi connectivity index (χ3n) is 4.54.